The van der Waals surface area contributed by atoms with Crippen molar-refractivity contribution in [3.63, 3.8) is 0 Å². The van der Waals surface area contributed by atoms with Gasteiger partial charge in [-0.25, -0.2) is 0 Å². The highest BCUT2D eigenvalue weighted by molar-refractivity contribution is 5.77. The second kappa shape index (κ2) is 7.09. The van der Waals surface area contributed by atoms with Crippen LogP contribution in [0.1, 0.15) is 45.4 Å². The number of carboxylic acids is 1. The summed E-state index contributed by atoms with van der Waals surface area (Å²) in [5.74, 6) is -0.989. The van der Waals surface area contributed by atoms with Gasteiger partial charge in [-0.2, -0.15) is 0 Å². The van der Waals surface area contributed by atoms with Crippen LogP contribution in [0.4, 0.5) is 0 Å². The van der Waals surface area contributed by atoms with E-state index in [1.54, 1.807) is 6.92 Å². The molecule has 4 nitrogen and oxygen atoms in total. The summed E-state index contributed by atoms with van der Waals surface area (Å²) in [6.07, 6.45) is 7.09. The highest BCUT2D eigenvalue weighted by atomic mass is 16.4. The van der Waals surface area contributed by atoms with Gasteiger partial charge < -0.3 is 10.4 Å². The first kappa shape index (κ1) is 13.7. The van der Waals surface area contributed by atoms with Crippen LogP contribution in [-0.2, 0) is 9.59 Å². The third-order valence-corrected chi connectivity index (χ3v) is 2.96. The Labute approximate surface area is 102 Å². The molecule has 0 spiro atoms. The summed E-state index contributed by atoms with van der Waals surface area (Å²) in [7, 11) is 0. The van der Waals surface area contributed by atoms with Gasteiger partial charge in [0.05, 0.1) is 0 Å². The highest BCUT2D eigenvalue weighted by Gasteiger charge is 2.12. The second-order valence-corrected chi connectivity index (χ2v) is 4.76. The molecule has 1 amide bonds. The van der Waals surface area contributed by atoms with Crippen LogP contribution in [0.25, 0.3) is 0 Å². The van der Waals surface area contributed by atoms with Gasteiger partial charge in [-0.05, 0) is 31.6 Å². The molecule has 1 aliphatic carbocycles. The van der Waals surface area contributed by atoms with Gasteiger partial charge in [-0.1, -0.05) is 18.6 Å². The largest absolute Gasteiger partial charge is 0.481 e. The zero-order valence-electron chi connectivity index (χ0n) is 10.4. The Balaban J connectivity index is 2.10. The molecule has 1 unspecified atom stereocenters. The molecule has 0 radical (unpaired) electrons. The first-order chi connectivity index (χ1) is 8.08. The van der Waals surface area contributed by atoms with Crippen molar-refractivity contribution >= 4 is 11.9 Å². The smallest absolute Gasteiger partial charge is 0.303 e. The number of hydrogen-bond donors (Lipinski definition) is 2. The van der Waals surface area contributed by atoms with E-state index in [-0.39, 0.29) is 18.2 Å². The van der Waals surface area contributed by atoms with Crippen molar-refractivity contribution in [3.05, 3.63) is 11.6 Å². The minimum absolute atomic E-state index is 0.0441. The van der Waals surface area contributed by atoms with Crippen molar-refractivity contribution in [2.24, 2.45) is 5.92 Å². The number of hydrogen-bond acceptors (Lipinski definition) is 2. The number of allylic oxidation sites excluding steroid dienone is 1. The van der Waals surface area contributed by atoms with Crippen LogP contribution in [0.2, 0.25) is 0 Å². The summed E-state index contributed by atoms with van der Waals surface area (Å²) < 4.78 is 0. The monoisotopic (exact) mass is 239 g/mol. The van der Waals surface area contributed by atoms with Crippen LogP contribution in [0.15, 0.2) is 11.6 Å². The van der Waals surface area contributed by atoms with E-state index in [1.165, 1.54) is 18.4 Å². The molecule has 1 rings (SSSR count). The molecular weight excluding hydrogens is 218 g/mol. The van der Waals surface area contributed by atoms with Gasteiger partial charge in [0.25, 0.3) is 0 Å². The fraction of sp³-hybridized carbons (Fsp3) is 0.692. The minimum Gasteiger partial charge on any atom is -0.481 e. The van der Waals surface area contributed by atoms with E-state index in [0.717, 1.165) is 12.8 Å². The predicted molar refractivity (Wildman–Crippen MR) is 65.6 cm³/mol. The quantitative estimate of drug-likeness (QED) is 0.669. The maximum absolute atomic E-state index is 11.5. The highest BCUT2D eigenvalue weighted by Crippen LogP contribution is 2.19. The number of carbonyl (C=O) groups excluding carboxylic acids is 1. The molecule has 0 fully saturated rings. The van der Waals surface area contributed by atoms with Gasteiger partial charge in [0.1, 0.15) is 0 Å². The lowest BCUT2D eigenvalue weighted by Crippen LogP contribution is -2.26. The topological polar surface area (TPSA) is 66.4 Å². The SMILES string of the molecule is CC(CC(=O)O)CC(=O)NCCC1=CCCC1. The number of amides is 1. The molecule has 96 valence electrons. The van der Waals surface area contributed by atoms with Crippen molar-refractivity contribution in [1.29, 1.82) is 0 Å². The van der Waals surface area contributed by atoms with Crippen LogP contribution in [0.5, 0.6) is 0 Å². The molecule has 4 heteroatoms. The second-order valence-electron chi connectivity index (χ2n) is 4.76. The normalized spacial score (nSPS) is 16.4. The van der Waals surface area contributed by atoms with Crippen molar-refractivity contribution in [2.45, 2.75) is 45.4 Å². The zero-order chi connectivity index (χ0) is 12.7. The van der Waals surface area contributed by atoms with E-state index in [2.05, 4.69) is 11.4 Å². The molecule has 0 aromatic rings. The summed E-state index contributed by atoms with van der Waals surface area (Å²) in [6, 6.07) is 0. The minimum atomic E-state index is -0.846. The van der Waals surface area contributed by atoms with Gasteiger partial charge in [0.2, 0.25) is 5.91 Å². The number of nitrogens with one attached hydrogen (secondary N) is 1. The van der Waals surface area contributed by atoms with Crippen LogP contribution in [-0.4, -0.2) is 23.5 Å². The Bertz CT molecular complexity index is 310. The maximum atomic E-state index is 11.5. The summed E-state index contributed by atoms with van der Waals surface area (Å²) in [5.41, 5.74) is 1.43. The first-order valence-corrected chi connectivity index (χ1v) is 6.24. The number of aliphatic carboxylic acids is 1. The van der Waals surface area contributed by atoms with Gasteiger partial charge in [0, 0.05) is 19.4 Å². The van der Waals surface area contributed by atoms with Crippen molar-refractivity contribution in [2.75, 3.05) is 6.54 Å². The van der Waals surface area contributed by atoms with E-state index >= 15 is 0 Å². The zero-order valence-corrected chi connectivity index (χ0v) is 10.4. The standard InChI is InChI=1S/C13H21NO3/c1-10(9-13(16)17)8-12(15)14-7-6-11-4-2-3-5-11/h4,10H,2-3,5-9H2,1H3,(H,14,15)(H,16,17). The fourth-order valence-electron chi connectivity index (χ4n) is 2.09. The maximum Gasteiger partial charge on any atom is 0.303 e. The molecule has 1 atom stereocenters. The molecular formula is C13H21NO3. The Morgan fingerprint density at radius 1 is 1.47 bits per heavy atom. The predicted octanol–water partition coefficient (Wildman–Crippen LogP) is 2.10. The summed E-state index contributed by atoms with van der Waals surface area (Å²) in [6.45, 7) is 2.46. The van der Waals surface area contributed by atoms with E-state index in [9.17, 15) is 9.59 Å². The molecule has 0 bridgehead atoms. The number of carboxylic acid groups (broad SMARTS) is 1. The van der Waals surface area contributed by atoms with Gasteiger partial charge in [-0.3, -0.25) is 9.59 Å². The molecule has 0 aliphatic heterocycles. The fourth-order valence-corrected chi connectivity index (χ4v) is 2.09. The average Bonchev–Trinajstić information content (AvgIpc) is 2.68. The van der Waals surface area contributed by atoms with E-state index < -0.39 is 5.97 Å². The van der Waals surface area contributed by atoms with E-state index in [4.69, 9.17) is 5.11 Å². The summed E-state index contributed by atoms with van der Waals surface area (Å²) in [4.78, 5) is 21.9. The Hall–Kier alpha value is -1.32. The average molecular weight is 239 g/mol. The van der Waals surface area contributed by atoms with Crippen molar-refractivity contribution in [1.82, 2.24) is 5.32 Å². The lowest BCUT2D eigenvalue weighted by Gasteiger charge is -2.09. The number of carbonyl (C=O) groups is 2. The molecule has 17 heavy (non-hydrogen) atoms. The molecule has 0 aromatic carbocycles. The Morgan fingerprint density at radius 2 is 2.24 bits per heavy atom. The first-order valence-electron chi connectivity index (χ1n) is 6.24. The summed E-state index contributed by atoms with van der Waals surface area (Å²) in [5, 5.41) is 11.4. The van der Waals surface area contributed by atoms with Crippen molar-refractivity contribution in [3.8, 4) is 0 Å². The third kappa shape index (κ3) is 6.09. The lowest BCUT2D eigenvalue weighted by molar-refractivity contribution is -0.138. The van der Waals surface area contributed by atoms with Crippen LogP contribution in [0, 0.1) is 5.92 Å². The van der Waals surface area contributed by atoms with Gasteiger partial charge in [-0.15, -0.1) is 0 Å². The van der Waals surface area contributed by atoms with Crippen LogP contribution < -0.4 is 5.32 Å². The molecule has 0 saturated heterocycles. The van der Waals surface area contributed by atoms with E-state index in [0.29, 0.717) is 13.0 Å². The van der Waals surface area contributed by atoms with E-state index in [1.807, 2.05) is 0 Å². The van der Waals surface area contributed by atoms with Crippen LogP contribution in [0.3, 0.4) is 0 Å². The number of rotatable bonds is 7. The molecule has 0 saturated carbocycles. The Kier molecular flexibility index (Phi) is 5.73. The lowest BCUT2D eigenvalue weighted by atomic mass is 10.0. The van der Waals surface area contributed by atoms with Gasteiger partial charge >= 0.3 is 5.97 Å². The molecule has 0 heterocycles. The molecule has 1 aliphatic rings. The third-order valence-electron chi connectivity index (χ3n) is 2.96. The molecule has 0 aromatic heterocycles. The summed E-state index contributed by atoms with van der Waals surface area (Å²) >= 11 is 0. The molecule has 2 N–H and O–H groups in total. The Morgan fingerprint density at radius 3 is 2.82 bits per heavy atom. The van der Waals surface area contributed by atoms with Gasteiger partial charge in [0.15, 0.2) is 0 Å². The van der Waals surface area contributed by atoms with Crippen LogP contribution >= 0.6 is 0 Å². The van der Waals surface area contributed by atoms with Crippen molar-refractivity contribution < 1.29 is 14.7 Å².